The van der Waals surface area contributed by atoms with Crippen molar-refractivity contribution in [2.75, 3.05) is 42.5 Å². The van der Waals surface area contributed by atoms with E-state index >= 15 is 0 Å². The van der Waals surface area contributed by atoms with Crippen LogP contribution in [0.4, 0.5) is 11.5 Å². The minimum Gasteiger partial charge on any atom is -0.368 e. The molecule has 6 nitrogen and oxygen atoms in total. The summed E-state index contributed by atoms with van der Waals surface area (Å²) in [5.74, 6) is 0.685. The molecule has 0 atom stereocenters. The van der Waals surface area contributed by atoms with Crippen LogP contribution < -0.4 is 15.1 Å². The van der Waals surface area contributed by atoms with E-state index in [9.17, 15) is 4.79 Å². The smallest absolute Gasteiger partial charge is 0.270 e. The topological polar surface area (TPSA) is 61.4 Å². The molecule has 1 aromatic heterocycles. The fourth-order valence-electron chi connectivity index (χ4n) is 2.99. The molecule has 0 unspecified atom stereocenters. The van der Waals surface area contributed by atoms with Crippen molar-refractivity contribution >= 4 is 17.4 Å². The standard InChI is InChI=1S/C19H25N5O/c1-3-7-20-19(25)17-13-18(22-14-21-17)24-10-8-23(9-11-24)16-6-4-5-15(2)12-16/h4-6,12-14H,3,7-11H2,1-2H3,(H,20,25). The number of nitrogens with one attached hydrogen (secondary N) is 1. The fraction of sp³-hybridized carbons (Fsp3) is 0.421. The lowest BCUT2D eigenvalue weighted by atomic mass is 10.2. The van der Waals surface area contributed by atoms with Crippen LogP contribution in [-0.2, 0) is 0 Å². The predicted molar refractivity (Wildman–Crippen MR) is 100 cm³/mol. The molecule has 0 radical (unpaired) electrons. The minimum absolute atomic E-state index is 0.135. The Balaban J connectivity index is 1.64. The van der Waals surface area contributed by atoms with Gasteiger partial charge in [0, 0.05) is 44.5 Å². The Hall–Kier alpha value is -2.63. The Morgan fingerprint density at radius 1 is 1.12 bits per heavy atom. The summed E-state index contributed by atoms with van der Waals surface area (Å²) in [5, 5.41) is 2.86. The normalized spacial score (nSPS) is 14.5. The van der Waals surface area contributed by atoms with Gasteiger partial charge in [0.2, 0.25) is 0 Å². The van der Waals surface area contributed by atoms with Crippen molar-refractivity contribution in [2.24, 2.45) is 0 Å². The second kappa shape index (κ2) is 7.96. The molecule has 0 saturated carbocycles. The number of anilines is 2. The summed E-state index contributed by atoms with van der Waals surface area (Å²) >= 11 is 0. The van der Waals surface area contributed by atoms with Crippen molar-refractivity contribution in [3.05, 3.63) is 47.9 Å². The van der Waals surface area contributed by atoms with E-state index in [4.69, 9.17) is 0 Å². The van der Waals surface area contributed by atoms with Crippen molar-refractivity contribution in [3.8, 4) is 0 Å². The second-order valence-electron chi connectivity index (χ2n) is 6.33. The van der Waals surface area contributed by atoms with Crippen LogP contribution in [0.1, 0.15) is 29.4 Å². The minimum atomic E-state index is -0.135. The average molecular weight is 339 g/mol. The predicted octanol–water partition coefficient (Wildman–Crippen LogP) is 2.25. The summed E-state index contributed by atoms with van der Waals surface area (Å²) in [6.07, 6.45) is 2.38. The summed E-state index contributed by atoms with van der Waals surface area (Å²) in [7, 11) is 0. The number of piperazine rings is 1. The Labute approximate surface area is 148 Å². The summed E-state index contributed by atoms with van der Waals surface area (Å²) in [6.45, 7) is 8.43. The third-order valence-corrected chi connectivity index (χ3v) is 4.39. The van der Waals surface area contributed by atoms with E-state index in [0.29, 0.717) is 12.2 Å². The lowest BCUT2D eigenvalue weighted by Gasteiger charge is -2.36. The lowest BCUT2D eigenvalue weighted by Crippen LogP contribution is -2.47. The quantitative estimate of drug-likeness (QED) is 0.905. The molecule has 3 rings (SSSR count). The monoisotopic (exact) mass is 339 g/mol. The van der Waals surface area contributed by atoms with Gasteiger partial charge in [0.05, 0.1) is 0 Å². The first-order valence-electron chi connectivity index (χ1n) is 8.84. The largest absolute Gasteiger partial charge is 0.368 e. The molecular formula is C19H25N5O. The van der Waals surface area contributed by atoms with E-state index in [0.717, 1.165) is 38.4 Å². The highest BCUT2D eigenvalue weighted by Crippen LogP contribution is 2.20. The summed E-state index contributed by atoms with van der Waals surface area (Å²) < 4.78 is 0. The van der Waals surface area contributed by atoms with Gasteiger partial charge in [-0.15, -0.1) is 0 Å². The van der Waals surface area contributed by atoms with Crippen LogP contribution in [0.25, 0.3) is 0 Å². The molecule has 1 aliphatic heterocycles. The first-order chi connectivity index (χ1) is 12.2. The van der Waals surface area contributed by atoms with Crippen molar-refractivity contribution in [2.45, 2.75) is 20.3 Å². The van der Waals surface area contributed by atoms with Gasteiger partial charge in [-0.05, 0) is 31.0 Å². The van der Waals surface area contributed by atoms with Crippen LogP contribution in [0.2, 0.25) is 0 Å². The first kappa shape index (κ1) is 17.2. The van der Waals surface area contributed by atoms with Gasteiger partial charge < -0.3 is 15.1 Å². The maximum Gasteiger partial charge on any atom is 0.270 e. The van der Waals surface area contributed by atoms with Crippen molar-refractivity contribution in [3.63, 3.8) is 0 Å². The third kappa shape index (κ3) is 4.26. The van der Waals surface area contributed by atoms with Gasteiger partial charge >= 0.3 is 0 Å². The molecule has 1 N–H and O–H groups in total. The van der Waals surface area contributed by atoms with E-state index < -0.39 is 0 Å². The highest BCUT2D eigenvalue weighted by Gasteiger charge is 2.19. The van der Waals surface area contributed by atoms with Crippen LogP contribution >= 0.6 is 0 Å². The van der Waals surface area contributed by atoms with Gasteiger partial charge in [-0.25, -0.2) is 9.97 Å². The maximum atomic E-state index is 12.1. The molecule has 1 aliphatic rings. The molecule has 1 fully saturated rings. The zero-order chi connectivity index (χ0) is 17.6. The van der Waals surface area contributed by atoms with Gasteiger partial charge in [0.15, 0.2) is 0 Å². The molecule has 0 aliphatic carbocycles. The summed E-state index contributed by atoms with van der Waals surface area (Å²) in [5.41, 5.74) is 2.97. The Morgan fingerprint density at radius 3 is 2.60 bits per heavy atom. The van der Waals surface area contributed by atoms with Gasteiger partial charge in [-0.1, -0.05) is 19.1 Å². The van der Waals surface area contributed by atoms with Crippen molar-refractivity contribution < 1.29 is 4.79 Å². The number of carbonyl (C=O) groups excluding carboxylic acids is 1. The van der Waals surface area contributed by atoms with Crippen LogP contribution in [0.3, 0.4) is 0 Å². The number of benzene rings is 1. The number of nitrogens with zero attached hydrogens (tertiary/aromatic N) is 4. The van der Waals surface area contributed by atoms with E-state index in [2.05, 4.69) is 56.3 Å². The van der Waals surface area contributed by atoms with Crippen LogP contribution in [0.5, 0.6) is 0 Å². The Kier molecular flexibility index (Phi) is 5.48. The number of amides is 1. The molecule has 6 heteroatoms. The molecule has 25 heavy (non-hydrogen) atoms. The van der Waals surface area contributed by atoms with Crippen molar-refractivity contribution in [1.29, 1.82) is 0 Å². The number of aromatic nitrogens is 2. The number of aryl methyl sites for hydroxylation is 1. The lowest BCUT2D eigenvalue weighted by molar-refractivity contribution is 0.0948. The van der Waals surface area contributed by atoms with Gasteiger partial charge in [-0.2, -0.15) is 0 Å². The van der Waals surface area contributed by atoms with E-state index in [1.165, 1.54) is 17.6 Å². The highest BCUT2D eigenvalue weighted by atomic mass is 16.1. The second-order valence-corrected chi connectivity index (χ2v) is 6.33. The molecule has 0 spiro atoms. The molecule has 0 bridgehead atoms. The number of carbonyl (C=O) groups is 1. The number of hydrogen-bond donors (Lipinski definition) is 1. The zero-order valence-electron chi connectivity index (χ0n) is 14.9. The molecule has 1 amide bonds. The van der Waals surface area contributed by atoms with Crippen molar-refractivity contribution in [1.82, 2.24) is 15.3 Å². The van der Waals surface area contributed by atoms with E-state index in [1.54, 1.807) is 6.07 Å². The Bertz CT molecular complexity index is 725. The first-order valence-corrected chi connectivity index (χ1v) is 8.84. The molecule has 2 aromatic rings. The molecule has 1 aromatic carbocycles. The van der Waals surface area contributed by atoms with Crippen LogP contribution in [0.15, 0.2) is 36.7 Å². The summed E-state index contributed by atoms with van der Waals surface area (Å²) in [6, 6.07) is 10.4. The Morgan fingerprint density at radius 2 is 1.88 bits per heavy atom. The van der Waals surface area contributed by atoms with Gasteiger partial charge in [0.25, 0.3) is 5.91 Å². The van der Waals surface area contributed by atoms with Gasteiger partial charge in [0.1, 0.15) is 17.8 Å². The highest BCUT2D eigenvalue weighted by molar-refractivity contribution is 5.92. The van der Waals surface area contributed by atoms with Crippen LogP contribution in [0, 0.1) is 6.92 Å². The van der Waals surface area contributed by atoms with Crippen LogP contribution in [-0.4, -0.2) is 48.6 Å². The number of rotatable bonds is 5. The van der Waals surface area contributed by atoms with E-state index in [-0.39, 0.29) is 5.91 Å². The van der Waals surface area contributed by atoms with Gasteiger partial charge in [-0.3, -0.25) is 4.79 Å². The third-order valence-electron chi connectivity index (χ3n) is 4.39. The molecule has 132 valence electrons. The zero-order valence-corrected chi connectivity index (χ0v) is 14.9. The fourth-order valence-corrected chi connectivity index (χ4v) is 2.99. The maximum absolute atomic E-state index is 12.1. The number of hydrogen-bond acceptors (Lipinski definition) is 5. The van der Waals surface area contributed by atoms with E-state index in [1.807, 2.05) is 6.92 Å². The average Bonchev–Trinajstić information content (AvgIpc) is 2.66. The molecule has 1 saturated heterocycles. The molecular weight excluding hydrogens is 314 g/mol. The SMILES string of the molecule is CCCNC(=O)c1cc(N2CCN(c3cccc(C)c3)CC2)ncn1. The summed E-state index contributed by atoms with van der Waals surface area (Å²) in [4.78, 5) is 25.1. The molecule has 2 heterocycles.